The largest absolute Gasteiger partial charge is 0.374 e. The van der Waals surface area contributed by atoms with Crippen molar-refractivity contribution in [3.63, 3.8) is 0 Å². The molecule has 2 N–H and O–H groups in total. The number of hydrogen-bond acceptors (Lipinski definition) is 3. The van der Waals surface area contributed by atoms with Crippen molar-refractivity contribution in [3.8, 4) is 6.07 Å². The molecule has 2 rings (SSSR count). The average molecular weight is 344 g/mol. The van der Waals surface area contributed by atoms with E-state index in [0.717, 1.165) is 10.2 Å². The molecule has 0 aliphatic carbocycles. The van der Waals surface area contributed by atoms with E-state index in [1.807, 2.05) is 30.3 Å². The Bertz CT molecular complexity index is 659. The van der Waals surface area contributed by atoms with E-state index >= 15 is 0 Å². The van der Waals surface area contributed by atoms with Crippen LogP contribution in [0.3, 0.4) is 0 Å². The standard InChI is InChI=1S/C16H14BrN3O/c1-11(19-14-8-4-13(17)5-9-14)16(21)20-15-6-2-12(10-18)3-7-15/h2-9,11,19H,1H3,(H,20,21)/t11-/m1/s1. The molecule has 0 bridgehead atoms. The molecule has 0 radical (unpaired) electrons. The van der Waals surface area contributed by atoms with Crippen LogP contribution in [-0.4, -0.2) is 11.9 Å². The van der Waals surface area contributed by atoms with E-state index in [2.05, 4.69) is 26.6 Å². The molecular formula is C16H14BrN3O. The molecule has 0 saturated carbocycles. The second kappa shape index (κ2) is 6.91. The summed E-state index contributed by atoms with van der Waals surface area (Å²) in [5, 5.41) is 14.7. The molecule has 0 saturated heterocycles. The first kappa shape index (κ1) is 15.1. The summed E-state index contributed by atoms with van der Waals surface area (Å²) in [5.74, 6) is -0.136. The smallest absolute Gasteiger partial charge is 0.246 e. The lowest BCUT2D eigenvalue weighted by Gasteiger charge is -2.15. The first-order valence-corrected chi connectivity index (χ1v) is 7.21. The van der Waals surface area contributed by atoms with E-state index in [0.29, 0.717) is 11.3 Å². The molecule has 0 spiro atoms. The Morgan fingerprint density at radius 1 is 1.10 bits per heavy atom. The van der Waals surface area contributed by atoms with Crippen LogP contribution < -0.4 is 10.6 Å². The third-order valence-electron chi connectivity index (χ3n) is 2.90. The van der Waals surface area contributed by atoms with Crippen LogP contribution in [-0.2, 0) is 4.79 Å². The van der Waals surface area contributed by atoms with E-state index in [9.17, 15) is 4.79 Å². The Balaban J connectivity index is 1.95. The van der Waals surface area contributed by atoms with Gasteiger partial charge < -0.3 is 10.6 Å². The number of carbonyl (C=O) groups excluding carboxylic acids is 1. The average Bonchev–Trinajstić information content (AvgIpc) is 2.50. The number of nitrogens with zero attached hydrogens (tertiary/aromatic N) is 1. The summed E-state index contributed by atoms with van der Waals surface area (Å²) in [4.78, 5) is 12.1. The molecule has 2 aromatic rings. The SMILES string of the molecule is C[C@@H](Nc1ccc(Br)cc1)C(=O)Nc1ccc(C#N)cc1. The van der Waals surface area contributed by atoms with Crippen LogP contribution in [0.15, 0.2) is 53.0 Å². The number of nitriles is 1. The van der Waals surface area contributed by atoms with Gasteiger partial charge in [-0.05, 0) is 55.5 Å². The van der Waals surface area contributed by atoms with Crippen LogP contribution in [0.25, 0.3) is 0 Å². The fourth-order valence-electron chi connectivity index (χ4n) is 1.74. The maximum absolute atomic E-state index is 12.1. The number of anilines is 2. The lowest BCUT2D eigenvalue weighted by atomic mass is 10.2. The summed E-state index contributed by atoms with van der Waals surface area (Å²) in [6, 6.07) is 16.0. The number of nitrogens with one attached hydrogen (secondary N) is 2. The Labute approximate surface area is 131 Å². The van der Waals surface area contributed by atoms with Crippen molar-refractivity contribution in [1.82, 2.24) is 0 Å². The summed E-state index contributed by atoms with van der Waals surface area (Å²) in [7, 11) is 0. The van der Waals surface area contributed by atoms with Gasteiger partial charge in [0.25, 0.3) is 0 Å². The minimum absolute atomic E-state index is 0.136. The predicted octanol–water partition coefficient (Wildman–Crippen LogP) is 3.76. The third-order valence-corrected chi connectivity index (χ3v) is 3.43. The van der Waals surface area contributed by atoms with Crippen molar-refractivity contribution in [1.29, 1.82) is 5.26 Å². The van der Waals surface area contributed by atoms with Gasteiger partial charge in [0.1, 0.15) is 6.04 Å². The quantitative estimate of drug-likeness (QED) is 0.888. The van der Waals surface area contributed by atoms with Crippen molar-refractivity contribution >= 4 is 33.2 Å². The van der Waals surface area contributed by atoms with Crippen LogP contribution in [0.5, 0.6) is 0 Å². The Morgan fingerprint density at radius 3 is 2.24 bits per heavy atom. The third kappa shape index (κ3) is 4.33. The molecular weight excluding hydrogens is 330 g/mol. The second-order valence-electron chi connectivity index (χ2n) is 4.55. The van der Waals surface area contributed by atoms with Gasteiger partial charge in [0.05, 0.1) is 11.6 Å². The molecule has 0 fully saturated rings. The predicted molar refractivity (Wildman–Crippen MR) is 87.0 cm³/mol. The minimum atomic E-state index is -0.373. The fourth-order valence-corrected chi connectivity index (χ4v) is 2.00. The highest BCUT2D eigenvalue weighted by molar-refractivity contribution is 9.10. The maximum atomic E-state index is 12.1. The molecule has 0 unspecified atom stereocenters. The van der Waals surface area contributed by atoms with Crippen molar-refractivity contribution in [3.05, 3.63) is 58.6 Å². The van der Waals surface area contributed by atoms with E-state index in [4.69, 9.17) is 5.26 Å². The summed E-state index contributed by atoms with van der Waals surface area (Å²) < 4.78 is 0.989. The van der Waals surface area contributed by atoms with Crippen LogP contribution in [0.2, 0.25) is 0 Å². The van der Waals surface area contributed by atoms with Gasteiger partial charge in [-0.15, -0.1) is 0 Å². The van der Waals surface area contributed by atoms with Crippen molar-refractivity contribution in [2.45, 2.75) is 13.0 Å². The zero-order chi connectivity index (χ0) is 15.2. The number of rotatable bonds is 4. The number of benzene rings is 2. The monoisotopic (exact) mass is 343 g/mol. The highest BCUT2D eigenvalue weighted by atomic mass is 79.9. The van der Waals surface area contributed by atoms with Crippen LogP contribution in [0.4, 0.5) is 11.4 Å². The lowest BCUT2D eigenvalue weighted by molar-refractivity contribution is -0.116. The molecule has 1 amide bonds. The number of halogens is 1. The molecule has 4 nitrogen and oxygen atoms in total. The van der Waals surface area contributed by atoms with E-state index in [1.165, 1.54) is 0 Å². The van der Waals surface area contributed by atoms with Crippen molar-refractivity contribution in [2.24, 2.45) is 0 Å². The van der Waals surface area contributed by atoms with Gasteiger partial charge in [0.2, 0.25) is 5.91 Å². The molecule has 0 aromatic heterocycles. The summed E-state index contributed by atoms with van der Waals surface area (Å²) in [6.45, 7) is 1.79. The van der Waals surface area contributed by atoms with Crippen LogP contribution >= 0.6 is 15.9 Å². The Hall–Kier alpha value is -2.32. The van der Waals surface area contributed by atoms with Crippen molar-refractivity contribution in [2.75, 3.05) is 10.6 Å². The molecule has 21 heavy (non-hydrogen) atoms. The lowest BCUT2D eigenvalue weighted by Crippen LogP contribution is -2.31. The Morgan fingerprint density at radius 2 is 1.67 bits per heavy atom. The summed E-state index contributed by atoms with van der Waals surface area (Å²) in [6.07, 6.45) is 0. The molecule has 106 valence electrons. The van der Waals surface area contributed by atoms with Crippen molar-refractivity contribution < 1.29 is 4.79 Å². The summed E-state index contributed by atoms with van der Waals surface area (Å²) in [5.41, 5.74) is 2.11. The maximum Gasteiger partial charge on any atom is 0.246 e. The zero-order valence-corrected chi connectivity index (χ0v) is 13.0. The molecule has 0 heterocycles. The topological polar surface area (TPSA) is 64.9 Å². The van der Waals surface area contributed by atoms with E-state index < -0.39 is 0 Å². The minimum Gasteiger partial charge on any atom is -0.374 e. The first-order chi connectivity index (χ1) is 10.1. The highest BCUT2D eigenvalue weighted by Gasteiger charge is 2.12. The van der Waals surface area contributed by atoms with Gasteiger partial charge in [-0.2, -0.15) is 5.26 Å². The summed E-state index contributed by atoms with van der Waals surface area (Å²) >= 11 is 3.37. The van der Waals surface area contributed by atoms with Crippen LogP contribution in [0, 0.1) is 11.3 Å². The molecule has 5 heteroatoms. The Kier molecular flexibility index (Phi) is 4.96. The van der Waals surface area contributed by atoms with Gasteiger partial charge in [-0.3, -0.25) is 4.79 Å². The normalized spacial score (nSPS) is 11.3. The fraction of sp³-hybridized carbons (Fsp3) is 0.125. The number of hydrogen-bond donors (Lipinski definition) is 2. The highest BCUT2D eigenvalue weighted by Crippen LogP contribution is 2.15. The first-order valence-electron chi connectivity index (χ1n) is 6.41. The number of carbonyl (C=O) groups is 1. The molecule has 2 aromatic carbocycles. The van der Waals surface area contributed by atoms with Gasteiger partial charge in [-0.25, -0.2) is 0 Å². The van der Waals surface area contributed by atoms with Crippen LogP contribution in [0.1, 0.15) is 12.5 Å². The van der Waals surface area contributed by atoms with Gasteiger partial charge in [0.15, 0.2) is 0 Å². The molecule has 0 aliphatic rings. The van der Waals surface area contributed by atoms with Gasteiger partial charge in [0, 0.05) is 15.8 Å². The molecule has 0 aliphatic heterocycles. The van der Waals surface area contributed by atoms with Gasteiger partial charge >= 0.3 is 0 Å². The zero-order valence-electron chi connectivity index (χ0n) is 11.4. The molecule has 1 atom stereocenters. The van der Waals surface area contributed by atoms with Gasteiger partial charge in [-0.1, -0.05) is 15.9 Å². The number of amides is 1. The second-order valence-corrected chi connectivity index (χ2v) is 5.47. The van der Waals surface area contributed by atoms with E-state index in [1.54, 1.807) is 31.2 Å². The van der Waals surface area contributed by atoms with E-state index in [-0.39, 0.29) is 11.9 Å².